The number of carbonyl (C=O) groups is 1. The number of fused-ring (bicyclic) bond motifs is 1. The molecule has 2 fully saturated rings. The van der Waals surface area contributed by atoms with Gasteiger partial charge in [0.1, 0.15) is 5.69 Å². The Balaban J connectivity index is 1.58. The lowest BCUT2D eigenvalue weighted by Gasteiger charge is -2.17. The molecule has 2 aliphatic rings. The lowest BCUT2D eigenvalue weighted by atomic mass is 10.0. The van der Waals surface area contributed by atoms with Gasteiger partial charge in [-0.25, -0.2) is 5.01 Å². The van der Waals surface area contributed by atoms with Gasteiger partial charge in [0, 0.05) is 19.3 Å². The highest BCUT2D eigenvalue weighted by Crippen LogP contribution is 2.36. The third-order valence-electron chi connectivity index (χ3n) is 3.73. The fraction of sp³-hybridized carbons (Fsp3) is 0.636. The maximum atomic E-state index is 11.8. The number of hydrazine groups is 1. The second-order valence-electron chi connectivity index (χ2n) is 4.77. The molecule has 1 aromatic heterocycles. The normalized spacial score (nSPS) is 29.2. The predicted octanol–water partition coefficient (Wildman–Crippen LogP) is 0.786. The van der Waals surface area contributed by atoms with E-state index >= 15 is 0 Å². The van der Waals surface area contributed by atoms with Gasteiger partial charge in [-0.3, -0.25) is 15.3 Å². The van der Waals surface area contributed by atoms with Gasteiger partial charge in [-0.2, -0.15) is 5.10 Å². The molecular weight excluding hydrogens is 204 g/mol. The first-order chi connectivity index (χ1) is 7.83. The maximum Gasteiger partial charge on any atom is 0.283 e. The summed E-state index contributed by atoms with van der Waals surface area (Å²) in [4.78, 5) is 11.8. The molecule has 1 aliphatic heterocycles. The van der Waals surface area contributed by atoms with Crippen molar-refractivity contribution in [3.63, 3.8) is 0 Å². The molecule has 0 radical (unpaired) electrons. The van der Waals surface area contributed by atoms with Gasteiger partial charge in [0.05, 0.1) is 0 Å². The Hall–Kier alpha value is -1.36. The Kier molecular flexibility index (Phi) is 2.40. The van der Waals surface area contributed by atoms with Gasteiger partial charge < -0.3 is 0 Å². The fourth-order valence-corrected chi connectivity index (χ4v) is 2.91. The molecule has 1 saturated heterocycles. The second kappa shape index (κ2) is 3.90. The van der Waals surface area contributed by atoms with Gasteiger partial charge in [-0.1, -0.05) is 6.42 Å². The highest BCUT2D eigenvalue weighted by molar-refractivity contribution is 5.91. The molecule has 2 N–H and O–H groups in total. The number of carbonyl (C=O) groups excluding carboxylic acids is 1. The van der Waals surface area contributed by atoms with Crippen LogP contribution in [0.4, 0.5) is 0 Å². The topological polar surface area (TPSA) is 61.0 Å². The molecule has 86 valence electrons. The summed E-state index contributed by atoms with van der Waals surface area (Å²) in [6.45, 7) is 2.01. The molecule has 0 spiro atoms. The lowest BCUT2D eigenvalue weighted by molar-refractivity contribution is 0.0809. The number of amides is 1. The molecule has 1 aromatic rings. The van der Waals surface area contributed by atoms with Crippen LogP contribution in [-0.4, -0.2) is 34.2 Å². The minimum Gasteiger partial charge on any atom is -0.283 e. The van der Waals surface area contributed by atoms with Crippen LogP contribution in [-0.2, 0) is 0 Å². The summed E-state index contributed by atoms with van der Waals surface area (Å²) in [5.74, 6) is 1.50. The van der Waals surface area contributed by atoms with Crippen LogP contribution in [0, 0.1) is 11.8 Å². The first-order valence-corrected chi connectivity index (χ1v) is 5.88. The van der Waals surface area contributed by atoms with Gasteiger partial charge in [0.2, 0.25) is 0 Å². The summed E-state index contributed by atoms with van der Waals surface area (Å²) in [6, 6.07) is 1.69. The molecule has 0 aromatic carbocycles. The van der Waals surface area contributed by atoms with Crippen LogP contribution >= 0.6 is 0 Å². The molecule has 2 heterocycles. The van der Waals surface area contributed by atoms with Crippen LogP contribution < -0.4 is 5.43 Å². The van der Waals surface area contributed by atoms with Gasteiger partial charge in [0.15, 0.2) is 0 Å². The zero-order chi connectivity index (χ0) is 11.0. The number of hydrogen-bond acceptors (Lipinski definition) is 3. The van der Waals surface area contributed by atoms with E-state index in [1.165, 1.54) is 19.3 Å². The number of rotatable bonds is 2. The first kappa shape index (κ1) is 9.84. The molecule has 3 rings (SSSR count). The number of aromatic amines is 1. The Morgan fingerprint density at radius 3 is 2.81 bits per heavy atom. The SMILES string of the molecule is O=C(NN1CC2CCCC2C1)c1ccn[nH]1. The zero-order valence-electron chi connectivity index (χ0n) is 9.15. The smallest absolute Gasteiger partial charge is 0.283 e. The third-order valence-corrected chi connectivity index (χ3v) is 3.73. The van der Waals surface area contributed by atoms with Crippen molar-refractivity contribution in [2.24, 2.45) is 11.8 Å². The number of hydrogen-bond donors (Lipinski definition) is 2. The standard InChI is InChI=1S/C11H16N4O/c16-11(10-4-5-12-13-10)14-15-6-8-2-1-3-9(8)7-15/h4-5,8-9H,1-3,6-7H2,(H,12,13)(H,14,16). The van der Waals surface area contributed by atoms with Gasteiger partial charge >= 0.3 is 0 Å². The van der Waals surface area contributed by atoms with Crippen molar-refractivity contribution in [1.82, 2.24) is 20.6 Å². The van der Waals surface area contributed by atoms with Crippen molar-refractivity contribution in [3.05, 3.63) is 18.0 Å². The van der Waals surface area contributed by atoms with Crippen molar-refractivity contribution in [2.45, 2.75) is 19.3 Å². The van der Waals surface area contributed by atoms with Crippen LogP contribution in [0.25, 0.3) is 0 Å². The average molecular weight is 220 g/mol. The van der Waals surface area contributed by atoms with Crippen molar-refractivity contribution in [1.29, 1.82) is 0 Å². The van der Waals surface area contributed by atoms with E-state index in [0.29, 0.717) is 5.69 Å². The maximum absolute atomic E-state index is 11.8. The minimum atomic E-state index is -0.0857. The van der Waals surface area contributed by atoms with Crippen LogP contribution in [0.5, 0.6) is 0 Å². The highest BCUT2D eigenvalue weighted by Gasteiger charge is 2.36. The predicted molar refractivity (Wildman–Crippen MR) is 58.5 cm³/mol. The molecule has 5 heteroatoms. The molecular formula is C11H16N4O. The summed E-state index contributed by atoms with van der Waals surface area (Å²) in [5.41, 5.74) is 3.46. The molecule has 2 atom stereocenters. The van der Waals surface area contributed by atoms with Crippen molar-refractivity contribution >= 4 is 5.91 Å². The van der Waals surface area contributed by atoms with Crippen molar-refractivity contribution in [3.8, 4) is 0 Å². The number of nitrogens with one attached hydrogen (secondary N) is 2. The van der Waals surface area contributed by atoms with E-state index in [1.807, 2.05) is 0 Å². The monoisotopic (exact) mass is 220 g/mol. The summed E-state index contributed by atoms with van der Waals surface area (Å²) in [5, 5.41) is 8.50. The number of nitrogens with zero attached hydrogens (tertiary/aromatic N) is 2. The summed E-state index contributed by atoms with van der Waals surface area (Å²) in [7, 11) is 0. The van der Waals surface area contributed by atoms with E-state index in [4.69, 9.17) is 0 Å². The van der Waals surface area contributed by atoms with Gasteiger partial charge in [-0.15, -0.1) is 0 Å². The largest absolute Gasteiger partial charge is 0.283 e. The number of H-pyrrole nitrogens is 1. The first-order valence-electron chi connectivity index (χ1n) is 5.88. The van der Waals surface area contributed by atoms with Crippen molar-refractivity contribution < 1.29 is 4.79 Å². The summed E-state index contributed by atoms with van der Waals surface area (Å²) < 4.78 is 0. The number of aromatic nitrogens is 2. The fourth-order valence-electron chi connectivity index (χ4n) is 2.91. The van der Waals surface area contributed by atoms with Crippen LogP contribution in [0.15, 0.2) is 12.3 Å². The molecule has 2 unspecified atom stereocenters. The zero-order valence-corrected chi connectivity index (χ0v) is 9.15. The molecule has 1 aliphatic carbocycles. The Morgan fingerprint density at radius 1 is 1.44 bits per heavy atom. The molecule has 16 heavy (non-hydrogen) atoms. The second-order valence-corrected chi connectivity index (χ2v) is 4.77. The van der Waals surface area contributed by atoms with E-state index < -0.39 is 0 Å². The van der Waals surface area contributed by atoms with Gasteiger partial charge in [-0.05, 0) is 30.7 Å². The average Bonchev–Trinajstić information content (AvgIpc) is 2.91. The molecule has 1 saturated carbocycles. The van der Waals surface area contributed by atoms with Crippen LogP contribution in [0.1, 0.15) is 29.8 Å². The highest BCUT2D eigenvalue weighted by atomic mass is 16.2. The van der Waals surface area contributed by atoms with Crippen molar-refractivity contribution in [2.75, 3.05) is 13.1 Å². The Labute approximate surface area is 94.2 Å². The summed E-state index contributed by atoms with van der Waals surface area (Å²) in [6.07, 6.45) is 5.59. The van der Waals surface area contributed by atoms with E-state index in [9.17, 15) is 4.79 Å². The van der Waals surface area contributed by atoms with E-state index in [1.54, 1.807) is 12.3 Å². The van der Waals surface area contributed by atoms with Crippen LogP contribution in [0.3, 0.4) is 0 Å². The Bertz CT molecular complexity index is 363. The minimum absolute atomic E-state index is 0.0857. The Morgan fingerprint density at radius 2 is 2.19 bits per heavy atom. The molecule has 0 bridgehead atoms. The van der Waals surface area contributed by atoms with E-state index in [0.717, 1.165) is 24.9 Å². The molecule has 1 amide bonds. The molecule has 5 nitrogen and oxygen atoms in total. The van der Waals surface area contributed by atoms with E-state index in [2.05, 4.69) is 20.6 Å². The van der Waals surface area contributed by atoms with Crippen LogP contribution in [0.2, 0.25) is 0 Å². The summed E-state index contributed by atoms with van der Waals surface area (Å²) >= 11 is 0. The van der Waals surface area contributed by atoms with E-state index in [-0.39, 0.29) is 5.91 Å². The lowest BCUT2D eigenvalue weighted by Crippen LogP contribution is -2.41. The quantitative estimate of drug-likeness (QED) is 0.774. The third kappa shape index (κ3) is 1.71. The van der Waals surface area contributed by atoms with Gasteiger partial charge in [0.25, 0.3) is 5.91 Å².